The van der Waals surface area contributed by atoms with Crippen LogP contribution in [-0.2, 0) is 0 Å². The highest BCUT2D eigenvalue weighted by Crippen LogP contribution is 2.39. The van der Waals surface area contributed by atoms with E-state index < -0.39 is 5.97 Å². The summed E-state index contributed by atoms with van der Waals surface area (Å²) >= 11 is 0. The summed E-state index contributed by atoms with van der Waals surface area (Å²) in [6.45, 7) is 1.75. The van der Waals surface area contributed by atoms with E-state index in [0.29, 0.717) is 33.9 Å². The van der Waals surface area contributed by atoms with Crippen LogP contribution in [0.2, 0.25) is 0 Å². The Morgan fingerprint density at radius 2 is 1.68 bits per heavy atom. The Kier molecular flexibility index (Phi) is 5.45. The number of rotatable bonds is 5. The molecule has 0 aromatic heterocycles. The number of Topliss-reactive ketones (excluding diaryl/α,β-unsaturated/α-hetero) is 1. The van der Waals surface area contributed by atoms with Crippen LogP contribution >= 0.6 is 0 Å². The van der Waals surface area contributed by atoms with Crippen LogP contribution < -0.4 is 18.9 Å². The molecule has 0 saturated heterocycles. The number of ketones is 1. The molecule has 3 aromatic carbocycles. The molecule has 0 aliphatic carbocycles. The highest BCUT2D eigenvalue weighted by Gasteiger charge is 2.30. The van der Waals surface area contributed by atoms with Crippen LogP contribution in [0.15, 0.2) is 66.4 Å². The van der Waals surface area contributed by atoms with Gasteiger partial charge in [0, 0.05) is 5.56 Å². The number of ether oxygens (including phenoxy) is 4. The lowest BCUT2D eigenvalue weighted by Gasteiger charge is -2.10. The lowest BCUT2D eigenvalue weighted by atomic mass is 10.1. The number of esters is 1. The summed E-state index contributed by atoms with van der Waals surface area (Å²) < 4.78 is 21.7. The lowest BCUT2D eigenvalue weighted by Crippen LogP contribution is -2.09. The van der Waals surface area contributed by atoms with E-state index in [1.165, 1.54) is 7.11 Å². The molecule has 6 nitrogen and oxygen atoms in total. The van der Waals surface area contributed by atoms with Gasteiger partial charge in [-0.1, -0.05) is 18.2 Å². The van der Waals surface area contributed by atoms with E-state index in [1.807, 2.05) is 12.1 Å². The number of carbonyl (C=O) groups excluding carboxylic acids is 2. The molecule has 6 heteroatoms. The Labute approximate surface area is 179 Å². The van der Waals surface area contributed by atoms with Crippen LogP contribution in [0.4, 0.5) is 0 Å². The fourth-order valence-electron chi connectivity index (χ4n) is 3.24. The van der Waals surface area contributed by atoms with Crippen molar-refractivity contribution in [3.05, 3.63) is 88.7 Å². The fourth-order valence-corrected chi connectivity index (χ4v) is 3.24. The first-order valence-electron chi connectivity index (χ1n) is 9.58. The maximum Gasteiger partial charge on any atom is 0.343 e. The third-order valence-electron chi connectivity index (χ3n) is 4.96. The third kappa shape index (κ3) is 4.00. The van der Waals surface area contributed by atoms with Gasteiger partial charge in [0.1, 0.15) is 23.0 Å². The number of hydrogen-bond acceptors (Lipinski definition) is 6. The Bertz CT molecular complexity index is 1190. The van der Waals surface area contributed by atoms with E-state index in [2.05, 4.69) is 0 Å². The minimum absolute atomic E-state index is 0.208. The molecule has 3 aromatic rings. The first kappa shape index (κ1) is 20.2. The second kappa shape index (κ2) is 8.36. The van der Waals surface area contributed by atoms with Gasteiger partial charge in [-0.25, -0.2) is 4.79 Å². The molecule has 4 rings (SSSR count). The molecule has 0 unspecified atom stereocenters. The van der Waals surface area contributed by atoms with Crippen LogP contribution in [0.25, 0.3) is 6.08 Å². The Hall–Kier alpha value is -4.06. The highest BCUT2D eigenvalue weighted by molar-refractivity contribution is 6.15. The minimum Gasteiger partial charge on any atom is -0.497 e. The maximum atomic E-state index is 12.8. The van der Waals surface area contributed by atoms with Gasteiger partial charge in [-0.15, -0.1) is 0 Å². The SMILES string of the molecule is COc1ccc(/C=C2\Oc3c(ccc(OC(=O)c4cccc(OC)c4)c3C)C2=O)cc1. The molecule has 1 heterocycles. The molecule has 0 fully saturated rings. The number of fused-ring (bicyclic) bond motifs is 1. The maximum absolute atomic E-state index is 12.8. The van der Waals surface area contributed by atoms with E-state index in [1.54, 1.807) is 68.6 Å². The zero-order chi connectivity index (χ0) is 22.0. The molecule has 0 amide bonds. The smallest absolute Gasteiger partial charge is 0.343 e. The molecule has 156 valence electrons. The molecule has 0 N–H and O–H groups in total. The summed E-state index contributed by atoms with van der Waals surface area (Å²) in [5.74, 6) is 1.45. The van der Waals surface area contributed by atoms with Crippen molar-refractivity contribution in [1.82, 2.24) is 0 Å². The van der Waals surface area contributed by atoms with E-state index >= 15 is 0 Å². The van der Waals surface area contributed by atoms with Gasteiger partial charge in [0.25, 0.3) is 0 Å². The first-order chi connectivity index (χ1) is 15.0. The van der Waals surface area contributed by atoms with Gasteiger partial charge in [0.2, 0.25) is 5.78 Å². The monoisotopic (exact) mass is 416 g/mol. The predicted octanol–water partition coefficient (Wildman–Crippen LogP) is 4.85. The molecule has 31 heavy (non-hydrogen) atoms. The molecule has 1 aliphatic heterocycles. The van der Waals surface area contributed by atoms with Crippen molar-refractivity contribution in [2.45, 2.75) is 6.92 Å². The number of benzene rings is 3. The zero-order valence-corrected chi connectivity index (χ0v) is 17.3. The molecule has 0 atom stereocenters. The molecule has 1 aliphatic rings. The van der Waals surface area contributed by atoms with Crippen LogP contribution in [0.5, 0.6) is 23.0 Å². The van der Waals surface area contributed by atoms with Gasteiger partial charge < -0.3 is 18.9 Å². The van der Waals surface area contributed by atoms with E-state index in [4.69, 9.17) is 18.9 Å². The molecular weight excluding hydrogens is 396 g/mol. The van der Waals surface area contributed by atoms with Gasteiger partial charge in [-0.3, -0.25) is 4.79 Å². The number of methoxy groups -OCH3 is 2. The summed E-state index contributed by atoms with van der Waals surface area (Å²) in [7, 11) is 3.12. The van der Waals surface area contributed by atoms with Gasteiger partial charge >= 0.3 is 5.97 Å². The first-order valence-corrected chi connectivity index (χ1v) is 9.58. The Balaban J connectivity index is 1.58. The van der Waals surface area contributed by atoms with Crippen LogP contribution in [0, 0.1) is 6.92 Å². The van der Waals surface area contributed by atoms with Gasteiger partial charge in [0.05, 0.1) is 25.3 Å². The molecule has 0 radical (unpaired) electrons. The van der Waals surface area contributed by atoms with E-state index in [9.17, 15) is 9.59 Å². The average molecular weight is 416 g/mol. The third-order valence-corrected chi connectivity index (χ3v) is 4.96. The second-order valence-corrected chi connectivity index (χ2v) is 6.90. The lowest BCUT2D eigenvalue weighted by molar-refractivity contribution is 0.0732. The predicted molar refractivity (Wildman–Crippen MR) is 115 cm³/mol. The fraction of sp³-hybridized carbons (Fsp3) is 0.120. The average Bonchev–Trinajstić information content (AvgIpc) is 3.12. The van der Waals surface area contributed by atoms with Crippen LogP contribution in [0.3, 0.4) is 0 Å². The van der Waals surface area contributed by atoms with Crippen molar-refractivity contribution < 1.29 is 28.5 Å². The Morgan fingerprint density at radius 3 is 2.39 bits per heavy atom. The molecule has 0 spiro atoms. The quantitative estimate of drug-likeness (QED) is 0.336. The standard InChI is InChI=1S/C25H20O6/c1-15-21(31-25(27)17-5-4-6-19(14-17)29-3)12-11-20-23(26)22(30-24(15)20)13-16-7-9-18(28-2)10-8-16/h4-14H,1-3H3/b22-13-. The summed E-state index contributed by atoms with van der Waals surface area (Å²) in [5, 5.41) is 0. The number of allylic oxidation sites excluding steroid dienone is 1. The molecule has 0 bridgehead atoms. The van der Waals surface area contributed by atoms with Crippen molar-refractivity contribution >= 4 is 17.8 Å². The zero-order valence-electron chi connectivity index (χ0n) is 17.3. The van der Waals surface area contributed by atoms with Crippen molar-refractivity contribution in [3.63, 3.8) is 0 Å². The van der Waals surface area contributed by atoms with Gasteiger partial charge in [-0.2, -0.15) is 0 Å². The Morgan fingerprint density at radius 1 is 0.935 bits per heavy atom. The summed E-state index contributed by atoms with van der Waals surface area (Å²) in [4.78, 5) is 25.3. The van der Waals surface area contributed by atoms with Crippen LogP contribution in [0.1, 0.15) is 31.8 Å². The van der Waals surface area contributed by atoms with Gasteiger partial charge in [0.15, 0.2) is 5.76 Å². The highest BCUT2D eigenvalue weighted by atomic mass is 16.5. The number of carbonyl (C=O) groups is 2. The van der Waals surface area contributed by atoms with Crippen molar-refractivity contribution in [3.8, 4) is 23.0 Å². The summed E-state index contributed by atoms with van der Waals surface area (Å²) in [6.07, 6.45) is 1.67. The second-order valence-electron chi connectivity index (χ2n) is 6.90. The van der Waals surface area contributed by atoms with Gasteiger partial charge in [-0.05, 0) is 61.0 Å². The van der Waals surface area contributed by atoms with Crippen LogP contribution in [-0.4, -0.2) is 26.0 Å². The summed E-state index contributed by atoms with van der Waals surface area (Å²) in [5.41, 5.74) is 2.16. The van der Waals surface area contributed by atoms with E-state index in [0.717, 1.165) is 11.3 Å². The molecule has 0 saturated carbocycles. The largest absolute Gasteiger partial charge is 0.497 e. The topological polar surface area (TPSA) is 71.1 Å². The van der Waals surface area contributed by atoms with Crippen molar-refractivity contribution in [2.75, 3.05) is 14.2 Å². The molecular formula is C25H20O6. The van der Waals surface area contributed by atoms with E-state index in [-0.39, 0.29) is 11.5 Å². The normalized spacial score (nSPS) is 13.5. The number of hydrogen-bond donors (Lipinski definition) is 0. The van der Waals surface area contributed by atoms with Crippen molar-refractivity contribution in [1.29, 1.82) is 0 Å². The van der Waals surface area contributed by atoms with Crippen molar-refractivity contribution in [2.24, 2.45) is 0 Å². The minimum atomic E-state index is -0.528. The summed E-state index contributed by atoms with van der Waals surface area (Å²) in [6, 6.07) is 17.2.